The Kier molecular flexibility index (Phi) is 10.5. The Morgan fingerprint density at radius 1 is 1.19 bits per heavy atom. The molecule has 0 bridgehead atoms. The quantitative estimate of drug-likeness (QED) is 0.212. The maximum absolute atomic E-state index is 10.6. The largest absolute Gasteiger partial charge is 0.500 e. The summed E-state index contributed by atoms with van der Waals surface area (Å²) >= 11 is 0. The molecule has 148 valence electrons. The summed E-state index contributed by atoms with van der Waals surface area (Å²) in [7, 11) is 2.15. The smallest absolute Gasteiger partial charge is 0.389 e. The van der Waals surface area contributed by atoms with Gasteiger partial charge in [0.2, 0.25) is 0 Å². The molecule has 0 fully saturated rings. The Labute approximate surface area is 154 Å². The van der Waals surface area contributed by atoms with Gasteiger partial charge in [-0.25, -0.2) is 0 Å². The zero-order valence-electron chi connectivity index (χ0n) is 15.5. The van der Waals surface area contributed by atoms with Crippen molar-refractivity contribution < 1.29 is 28.0 Å². The molecule has 0 radical (unpaired) electrons. The number of aliphatic hydroxyl groups is 1. The third-order valence-corrected chi connectivity index (χ3v) is 6.70. The van der Waals surface area contributed by atoms with E-state index < -0.39 is 19.8 Å². The van der Waals surface area contributed by atoms with E-state index in [0.717, 1.165) is 5.56 Å². The van der Waals surface area contributed by atoms with Gasteiger partial charge in [0.25, 0.3) is 5.69 Å². The molecule has 0 saturated heterocycles. The van der Waals surface area contributed by atoms with Crippen molar-refractivity contribution in [2.75, 3.05) is 41.1 Å². The fourth-order valence-corrected chi connectivity index (χ4v) is 4.03. The van der Waals surface area contributed by atoms with Crippen LogP contribution in [0.2, 0.25) is 6.04 Å². The van der Waals surface area contributed by atoms with Crippen LogP contribution in [-0.4, -0.2) is 66.0 Å². The third kappa shape index (κ3) is 7.87. The fraction of sp³-hybridized carbons (Fsp3) is 0.625. The van der Waals surface area contributed by atoms with Gasteiger partial charge in [0.15, 0.2) is 0 Å². The second-order valence-corrected chi connectivity index (χ2v) is 8.77. The molecule has 1 atom stereocenters. The maximum Gasteiger partial charge on any atom is 0.500 e. The number of rotatable bonds is 14. The summed E-state index contributed by atoms with van der Waals surface area (Å²) in [5.41, 5.74) is 0.966. The van der Waals surface area contributed by atoms with E-state index in [9.17, 15) is 15.2 Å². The van der Waals surface area contributed by atoms with Crippen molar-refractivity contribution in [1.82, 2.24) is 5.32 Å². The highest BCUT2D eigenvalue weighted by molar-refractivity contribution is 6.60. The lowest BCUT2D eigenvalue weighted by Gasteiger charge is -2.24. The number of benzene rings is 1. The molecule has 2 N–H and O–H groups in total. The highest BCUT2D eigenvalue weighted by Crippen LogP contribution is 2.15. The second kappa shape index (κ2) is 12.1. The Morgan fingerprint density at radius 2 is 1.81 bits per heavy atom. The number of nitro groups is 1. The average Bonchev–Trinajstić information content (AvgIpc) is 2.65. The van der Waals surface area contributed by atoms with Crippen molar-refractivity contribution in [2.24, 2.45) is 0 Å². The van der Waals surface area contributed by atoms with Crippen molar-refractivity contribution in [3.8, 4) is 0 Å². The van der Waals surface area contributed by atoms with E-state index in [1.165, 1.54) is 12.1 Å². The van der Waals surface area contributed by atoms with Crippen molar-refractivity contribution in [3.05, 3.63) is 39.9 Å². The van der Waals surface area contributed by atoms with Crippen LogP contribution < -0.4 is 5.32 Å². The van der Waals surface area contributed by atoms with E-state index >= 15 is 0 Å². The van der Waals surface area contributed by atoms with Crippen molar-refractivity contribution >= 4 is 14.5 Å². The SMILES string of the molecule is CO[Si](CCCOCC(O)CNCc1ccc([N+](=O)[O-])cc1)(OC)OC. The van der Waals surface area contributed by atoms with Gasteiger partial charge in [0.1, 0.15) is 0 Å². The van der Waals surface area contributed by atoms with Crippen LogP contribution in [0.3, 0.4) is 0 Å². The molecule has 0 amide bonds. The molecular weight excluding hydrogens is 360 g/mol. The molecule has 0 aliphatic heterocycles. The molecule has 0 spiro atoms. The second-order valence-electron chi connectivity index (χ2n) is 5.68. The average molecular weight is 388 g/mol. The van der Waals surface area contributed by atoms with Gasteiger partial charge in [-0.15, -0.1) is 0 Å². The number of nitrogens with one attached hydrogen (secondary N) is 1. The first-order valence-corrected chi connectivity index (χ1v) is 10.2. The molecule has 0 aromatic heterocycles. The molecular formula is C16H28N2O7Si. The van der Waals surface area contributed by atoms with Gasteiger partial charge in [-0.3, -0.25) is 10.1 Å². The van der Waals surface area contributed by atoms with Gasteiger partial charge in [-0.1, -0.05) is 12.1 Å². The van der Waals surface area contributed by atoms with E-state index in [1.807, 2.05) is 0 Å². The molecule has 1 rings (SSSR count). The number of ether oxygens (including phenoxy) is 1. The zero-order valence-corrected chi connectivity index (χ0v) is 16.5. The molecule has 0 heterocycles. The fourth-order valence-electron chi connectivity index (χ4n) is 2.34. The van der Waals surface area contributed by atoms with E-state index in [1.54, 1.807) is 33.5 Å². The Bertz CT molecular complexity index is 518. The predicted octanol–water partition coefficient (Wildman–Crippen LogP) is 1.33. The number of nitro benzene ring substituents is 1. The molecule has 0 aliphatic carbocycles. The summed E-state index contributed by atoms with van der Waals surface area (Å²) in [6, 6.07) is 6.93. The van der Waals surface area contributed by atoms with Crippen LogP contribution in [0, 0.1) is 10.1 Å². The molecule has 26 heavy (non-hydrogen) atoms. The Hall–Kier alpha value is -1.40. The number of hydrogen-bond acceptors (Lipinski definition) is 8. The third-order valence-electron chi connectivity index (χ3n) is 3.87. The molecule has 0 saturated carbocycles. The molecule has 1 aromatic carbocycles. The Morgan fingerprint density at radius 3 is 2.35 bits per heavy atom. The monoisotopic (exact) mass is 388 g/mol. The van der Waals surface area contributed by atoms with Crippen LogP contribution >= 0.6 is 0 Å². The normalized spacial score (nSPS) is 12.9. The summed E-state index contributed by atoms with van der Waals surface area (Å²) in [6.07, 6.45) is 0.0762. The molecule has 9 nitrogen and oxygen atoms in total. The van der Waals surface area contributed by atoms with E-state index in [4.69, 9.17) is 18.0 Å². The van der Waals surface area contributed by atoms with Crippen LogP contribution in [0.1, 0.15) is 12.0 Å². The number of aliphatic hydroxyl groups excluding tert-OH is 1. The Balaban J connectivity index is 2.15. The predicted molar refractivity (Wildman–Crippen MR) is 97.8 cm³/mol. The van der Waals surface area contributed by atoms with Gasteiger partial charge < -0.3 is 28.4 Å². The van der Waals surface area contributed by atoms with Gasteiger partial charge >= 0.3 is 8.80 Å². The first-order valence-electron chi connectivity index (χ1n) is 8.31. The molecule has 10 heteroatoms. The first kappa shape index (κ1) is 22.6. The summed E-state index contributed by atoms with van der Waals surface area (Å²) in [5.74, 6) is 0. The minimum absolute atomic E-state index is 0.0599. The highest BCUT2D eigenvalue weighted by Gasteiger charge is 2.36. The van der Waals surface area contributed by atoms with E-state index in [-0.39, 0.29) is 12.3 Å². The van der Waals surface area contributed by atoms with Gasteiger partial charge in [-0.05, 0) is 12.0 Å². The van der Waals surface area contributed by atoms with E-state index in [0.29, 0.717) is 32.2 Å². The standard InChI is InChI=1S/C16H28N2O7Si/c1-22-26(23-2,24-3)10-4-9-25-13-16(19)12-17-11-14-5-7-15(8-6-14)18(20)21/h5-8,16-17,19H,4,9-13H2,1-3H3. The minimum atomic E-state index is -2.56. The lowest BCUT2D eigenvalue weighted by Crippen LogP contribution is -2.42. The summed E-state index contributed by atoms with van der Waals surface area (Å²) in [4.78, 5) is 10.2. The molecule has 1 aromatic rings. The summed E-state index contributed by atoms with van der Waals surface area (Å²) in [6.45, 7) is 1.57. The first-order chi connectivity index (χ1) is 12.5. The van der Waals surface area contributed by atoms with Crippen LogP contribution in [0.4, 0.5) is 5.69 Å². The zero-order chi connectivity index (χ0) is 19.4. The lowest BCUT2D eigenvalue weighted by molar-refractivity contribution is -0.384. The number of non-ortho nitro benzene ring substituents is 1. The number of nitrogens with zero attached hydrogens (tertiary/aromatic N) is 1. The van der Waals surface area contributed by atoms with Gasteiger partial charge in [-0.2, -0.15) is 0 Å². The van der Waals surface area contributed by atoms with Crippen LogP contribution in [0.25, 0.3) is 0 Å². The molecule has 0 aliphatic rings. The van der Waals surface area contributed by atoms with Gasteiger partial charge in [0.05, 0.1) is 17.6 Å². The summed E-state index contributed by atoms with van der Waals surface area (Å²) in [5, 5.41) is 23.6. The number of hydrogen-bond donors (Lipinski definition) is 2. The van der Waals surface area contributed by atoms with Crippen LogP contribution in [0.15, 0.2) is 24.3 Å². The van der Waals surface area contributed by atoms with Crippen molar-refractivity contribution in [1.29, 1.82) is 0 Å². The highest BCUT2D eigenvalue weighted by atomic mass is 28.4. The minimum Gasteiger partial charge on any atom is -0.389 e. The lowest BCUT2D eigenvalue weighted by atomic mass is 10.2. The maximum atomic E-state index is 10.6. The van der Waals surface area contributed by atoms with E-state index in [2.05, 4.69) is 5.32 Å². The van der Waals surface area contributed by atoms with Crippen LogP contribution in [0.5, 0.6) is 0 Å². The topological polar surface area (TPSA) is 112 Å². The van der Waals surface area contributed by atoms with Crippen molar-refractivity contribution in [2.45, 2.75) is 25.1 Å². The van der Waals surface area contributed by atoms with Crippen LogP contribution in [-0.2, 0) is 24.6 Å². The molecule has 1 unspecified atom stereocenters. The van der Waals surface area contributed by atoms with Crippen molar-refractivity contribution in [3.63, 3.8) is 0 Å². The summed E-state index contributed by atoms with van der Waals surface area (Å²) < 4.78 is 21.4. The van der Waals surface area contributed by atoms with Gasteiger partial charge in [0, 0.05) is 59.2 Å².